The molecule has 0 saturated carbocycles. The lowest BCUT2D eigenvalue weighted by Crippen LogP contribution is -2.29. The number of halogens is 1. The average molecular weight is 497 g/mol. The van der Waals surface area contributed by atoms with Crippen molar-refractivity contribution in [1.82, 2.24) is 0 Å². The fourth-order valence-electron chi connectivity index (χ4n) is 2.33. The van der Waals surface area contributed by atoms with Crippen molar-refractivity contribution < 1.29 is 29.9 Å². The molecule has 2 aromatic carbocycles. The predicted molar refractivity (Wildman–Crippen MR) is 116 cm³/mol. The summed E-state index contributed by atoms with van der Waals surface area (Å²) in [5, 5.41) is 35.1. The molecule has 150 valence electrons. The van der Waals surface area contributed by atoms with Gasteiger partial charge >= 0.3 is 19.1 Å². The van der Waals surface area contributed by atoms with Crippen LogP contribution in [0.1, 0.15) is 25.0 Å². The van der Waals surface area contributed by atoms with Crippen molar-refractivity contribution in [3.63, 3.8) is 0 Å². The van der Waals surface area contributed by atoms with Gasteiger partial charge in [0.05, 0.1) is 11.8 Å². The summed E-state index contributed by atoms with van der Waals surface area (Å²) in [5.41, 5.74) is 2.35. The van der Waals surface area contributed by atoms with E-state index >= 15 is 0 Å². The van der Waals surface area contributed by atoms with Gasteiger partial charge < -0.3 is 20.3 Å². The van der Waals surface area contributed by atoms with E-state index < -0.39 is 25.0 Å². The first-order valence-electron chi connectivity index (χ1n) is 8.75. The van der Waals surface area contributed by atoms with Gasteiger partial charge in [0.2, 0.25) is 0 Å². The molecule has 0 amide bonds. The Morgan fingerprint density at radius 2 is 1.18 bits per heavy atom. The zero-order valence-corrected chi connectivity index (χ0v) is 17.9. The maximum Gasteiger partial charge on any atom is 0.488 e. The number of aliphatic carboxylic acids is 2. The minimum atomic E-state index is -1.48. The third kappa shape index (κ3) is 8.86. The van der Waals surface area contributed by atoms with E-state index in [2.05, 4.69) is 22.6 Å². The minimum absolute atomic E-state index is 0.305. The van der Waals surface area contributed by atoms with E-state index in [1.54, 1.807) is 38.1 Å². The average Bonchev–Trinajstić information content (AvgIpc) is 2.64. The highest BCUT2D eigenvalue weighted by Crippen LogP contribution is 2.11. The molecule has 6 nitrogen and oxygen atoms in total. The van der Waals surface area contributed by atoms with E-state index in [4.69, 9.17) is 20.3 Å². The second kappa shape index (κ2) is 11.8. The summed E-state index contributed by atoms with van der Waals surface area (Å²) in [7, 11) is -1.48. The van der Waals surface area contributed by atoms with Crippen molar-refractivity contribution in [3.05, 3.63) is 63.2 Å². The highest BCUT2D eigenvalue weighted by Gasteiger charge is 2.13. The third-order valence-corrected chi connectivity index (χ3v) is 4.84. The lowest BCUT2D eigenvalue weighted by Gasteiger charge is -2.06. The third-order valence-electron chi connectivity index (χ3n) is 4.12. The van der Waals surface area contributed by atoms with E-state index in [0.717, 1.165) is 11.1 Å². The van der Waals surface area contributed by atoms with Crippen molar-refractivity contribution >= 4 is 47.1 Å². The van der Waals surface area contributed by atoms with E-state index in [1.807, 2.05) is 24.3 Å². The fraction of sp³-hybridized carbons (Fsp3) is 0.300. The number of carbonyl (C=O) groups is 2. The molecule has 28 heavy (non-hydrogen) atoms. The molecule has 2 atom stereocenters. The number of hydrogen-bond donors (Lipinski definition) is 4. The zero-order valence-electron chi connectivity index (χ0n) is 15.7. The molecule has 8 heteroatoms. The molecule has 0 aliphatic carbocycles. The van der Waals surface area contributed by atoms with Gasteiger partial charge in [0.15, 0.2) is 0 Å². The largest absolute Gasteiger partial charge is 0.488 e. The topological polar surface area (TPSA) is 115 Å². The Morgan fingerprint density at radius 1 is 0.821 bits per heavy atom. The van der Waals surface area contributed by atoms with Gasteiger partial charge in [0.1, 0.15) is 0 Å². The molecule has 4 N–H and O–H groups in total. The van der Waals surface area contributed by atoms with Crippen molar-refractivity contribution in [2.24, 2.45) is 11.8 Å². The Hall–Kier alpha value is -1.91. The van der Waals surface area contributed by atoms with Crippen LogP contribution in [0.2, 0.25) is 0 Å². The van der Waals surface area contributed by atoms with Gasteiger partial charge in [-0.2, -0.15) is 0 Å². The van der Waals surface area contributed by atoms with Crippen molar-refractivity contribution in [2.75, 3.05) is 0 Å². The summed E-state index contributed by atoms with van der Waals surface area (Å²) in [6.45, 7) is 3.36. The molecular formula is C20H24BIO6. The van der Waals surface area contributed by atoms with Crippen LogP contribution in [0, 0.1) is 15.4 Å². The first-order valence-corrected chi connectivity index (χ1v) is 9.83. The van der Waals surface area contributed by atoms with Crippen LogP contribution in [-0.2, 0) is 22.4 Å². The molecule has 0 aliphatic rings. The van der Waals surface area contributed by atoms with Crippen LogP contribution < -0.4 is 5.46 Å². The van der Waals surface area contributed by atoms with Crippen LogP contribution >= 0.6 is 22.6 Å². The van der Waals surface area contributed by atoms with Crippen LogP contribution in [-0.4, -0.2) is 39.3 Å². The van der Waals surface area contributed by atoms with Crippen molar-refractivity contribution in [2.45, 2.75) is 26.7 Å². The Balaban J connectivity index is 0.000000283. The number of benzene rings is 2. The molecule has 0 radical (unpaired) electrons. The molecule has 0 heterocycles. The van der Waals surface area contributed by atoms with Crippen LogP contribution in [0.4, 0.5) is 0 Å². The minimum Gasteiger partial charge on any atom is -0.481 e. The lowest BCUT2D eigenvalue weighted by atomic mass is 9.26. The van der Waals surface area contributed by atoms with E-state index in [0.29, 0.717) is 18.3 Å². The highest BCUT2D eigenvalue weighted by atomic mass is 127. The Labute approximate surface area is 178 Å². The second-order valence-corrected chi connectivity index (χ2v) is 7.87. The standard InChI is InChI=1S/C10H13BO4.C10H11IO2/c1-7(10(12)13)6-8-2-4-9(5-3-8)11(14)15;1-7(10(12)13)6-8-2-4-9(11)5-3-8/h2-5,7,14-15H,6H2,1H3,(H,12,13);2-5,7H,6H2,1H3,(H,12,13)/t2*7-/m00/s1/i11-1;. The summed E-state index contributed by atoms with van der Waals surface area (Å²) < 4.78 is 1.17. The van der Waals surface area contributed by atoms with Gasteiger partial charge in [0.25, 0.3) is 0 Å². The van der Waals surface area contributed by atoms with Gasteiger partial charge in [-0.1, -0.05) is 50.2 Å². The van der Waals surface area contributed by atoms with E-state index in [-0.39, 0.29) is 5.92 Å². The van der Waals surface area contributed by atoms with Gasteiger partial charge in [-0.3, -0.25) is 9.59 Å². The summed E-state index contributed by atoms with van der Waals surface area (Å²) in [6.07, 6.45) is 1.05. The molecule has 0 unspecified atom stereocenters. The number of hydrogen-bond acceptors (Lipinski definition) is 4. The predicted octanol–water partition coefficient (Wildman–Crippen LogP) is 2.18. The van der Waals surface area contributed by atoms with Gasteiger partial charge in [-0.25, -0.2) is 0 Å². The Bertz CT molecular complexity index is 761. The van der Waals surface area contributed by atoms with Crippen LogP contribution in [0.15, 0.2) is 48.5 Å². The maximum atomic E-state index is 10.6. The summed E-state index contributed by atoms with van der Waals surface area (Å²) in [4.78, 5) is 21.2. The molecule has 0 aromatic heterocycles. The highest BCUT2D eigenvalue weighted by molar-refractivity contribution is 14.1. The fourth-order valence-corrected chi connectivity index (χ4v) is 2.69. The summed E-state index contributed by atoms with van der Waals surface area (Å²) in [5.74, 6) is -2.31. The van der Waals surface area contributed by atoms with Gasteiger partial charge in [0, 0.05) is 3.57 Å². The quantitative estimate of drug-likeness (QED) is 0.345. The van der Waals surface area contributed by atoms with Crippen LogP contribution in [0.25, 0.3) is 0 Å². The molecule has 0 spiro atoms. The second-order valence-electron chi connectivity index (χ2n) is 6.63. The first-order chi connectivity index (χ1) is 13.1. The number of carboxylic acid groups (broad SMARTS) is 2. The molecule has 2 aromatic rings. The normalized spacial score (nSPS) is 12.3. The summed E-state index contributed by atoms with van der Waals surface area (Å²) in [6, 6.07) is 14.5. The Kier molecular flexibility index (Phi) is 10.2. The molecule has 0 fully saturated rings. The molecular weight excluding hydrogens is 473 g/mol. The number of rotatable bonds is 7. The monoisotopic (exact) mass is 497 g/mol. The Morgan fingerprint density at radius 3 is 1.50 bits per heavy atom. The van der Waals surface area contributed by atoms with E-state index in [1.165, 1.54) is 3.57 Å². The molecule has 2 rings (SSSR count). The van der Waals surface area contributed by atoms with Gasteiger partial charge in [-0.05, 0) is 64.2 Å². The lowest BCUT2D eigenvalue weighted by molar-refractivity contribution is -0.142. The first kappa shape index (κ1) is 24.1. The maximum absolute atomic E-state index is 10.6. The van der Waals surface area contributed by atoms with Crippen LogP contribution in [0.3, 0.4) is 0 Å². The van der Waals surface area contributed by atoms with Crippen molar-refractivity contribution in [3.8, 4) is 0 Å². The summed E-state index contributed by atoms with van der Waals surface area (Å²) >= 11 is 2.23. The molecule has 0 aliphatic heterocycles. The van der Waals surface area contributed by atoms with Crippen molar-refractivity contribution in [1.29, 1.82) is 0 Å². The van der Waals surface area contributed by atoms with Gasteiger partial charge in [-0.15, -0.1) is 0 Å². The molecule has 0 saturated heterocycles. The number of carboxylic acids is 2. The smallest absolute Gasteiger partial charge is 0.481 e. The molecule has 0 bridgehead atoms. The van der Waals surface area contributed by atoms with Crippen LogP contribution in [0.5, 0.6) is 0 Å². The van der Waals surface area contributed by atoms with E-state index in [9.17, 15) is 9.59 Å². The SMILES string of the molecule is C[C@@H](Cc1ccc(I)cc1)C(=O)O.C[C@@H](Cc1ccc([10B](O)O)cc1)C(=O)O. The zero-order chi connectivity index (χ0) is 21.3.